The maximum absolute atomic E-state index is 12.4. The zero-order valence-corrected chi connectivity index (χ0v) is 12.9. The third-order valence-corrected chi connectivity index (χ3v) is 3.17. The number of hydrogen-bond donors (Lipinski definition) is 1. The van der Waals surface area contributed by atoms with Gasteiger partial charge in [-0.05, 0) is 18.4 Å². The zero-order valence-electron chi connectivity index (χ0n) is 12.9. The normalized spacial score (nSPS) is 10.5. The van der Waals surface area contributed by atoms with E-state index in [0.717, 1.165) is 6.42 Å². The van der Waals surface area contributed by atoms with Crippen LogP contribution in [0.2, 0.25) is 0 Å². The minimum absolute atomic E-state index is 0.107. The van der Waals surface area contributed by atoms with Gasteiger partial charge in [0, 0.05) is 25.3 Å². The average molecular weight is 280 g/mol. The fraction of sp³-hybridized carbons (Fsp3) is 0.533. The van der Waals surface area contributed by atoms with Crippen molar-refractivity contribution in [2.75, 3.05) is 33.5 Å². The monoisotopic (exact) mass is 280 g/mol. The number of nitrogens with zero attached hydrogens (tertiary/aromatic N) is 1. The van der Waals surface area contributed by atoms with Crippen molar-refractivity contribution in [1.82, 2.24) is 4.90 Å². The molecule has 0 saturated heterocycles. The molecular formula is C15H24N2O3. The summed E-state index contributed by atoms with van der Waals surface area (Å²) in [5, 5.41) is 0. The standard InChI is InChI=1S/C15H24N2O3/c1-10(2)6-7-17(3)15(18)11-8-13(19-4)14(20-5)9-12(11)16/h8-10H,6-7,16H2,1-5H3. The predicted octanol–water partition coefficient (Wildman–Crippen LogP) is 2.40. The van der Waals surface area contributed by atoms with E-state index in [1.54, 1.807) is 24.1 Å². The van der Waals surface area contributed by atoms with E-state index in [9.17, 15) is 4.79 Å². The van der Waals surface area contributed by atoms with Gasteiger partial charge in [0.2, 0.25) is 0 Å². The molecule has 2 N–H and O–H groups in total. The number of amides is 1. The maximum atomic E-state index is 12.4. The molecule has 0 aromatic heterocycles. The van der Waals surface area contributed by atoms with Crippen LogP contribution in [0.25, 0.3) is 0 Å². The van der Waals surface area contributed by atoms with Crippen LogP contribution in [-0.2, 0) is 0 Å². The van der Waals surface area contributed by atoms with Gasteiger partial charge < -0.3 is 20.1 Å². The Labute approximate surface area is 120 Å². The van der Waals surface area contributed by atoms with Crippen molar-refractivity contribution in [2.24, 2.45) is 5.92 Å². The van der Waals surface area contributed by atoms with E-state index in [0.29, 0.717) is 35.2 Å². The second-order valence-electron chi connectivity index (χ2n) is 5.20. The number of nitrogens with two attached hydrogens (primary N) is 1. The Bertz CT molecular complexity index is 472. The number of ether oxygens (including phenoxy) is 2. The molecular weight excluding hydrogens is 256 g/mol. The van der Waals surface area contributed by atoms with Crippen molar-refractivity contribution < 1.29 is 14.3 Å². The van der Waals surface area contributed by atoms with Crippen molar-refractivity contribution >= 4 is 11.6 Å². The van der Waals surface area contributed by atoms with Gasteiger partial charge in [0.1, 0.15) is 0 Å². The Morgan fingerprint density at radius 1 is 1.25 bits per heavy atom. The van der Waals surface area contributed by atoms with Gasteiger partial charge in [-0.2, -0.15) is 0 Å². The topological polar surface area (TPSA) is 64.8 Å². The molecule has 0 bridgehead atoms. The second-order valence-corrected chi connectivity index (χ2v) is 5.20. The summed E-state index contributed by atoms with van der Waals surface area (Å²) >= 11 is 0. The van der Waals surface area contributed by atoms with Crippen LogP contribution in [0.1, 0.15) is 30.6 Å². The highest BCUT2D eigenvalue weighted by Gasteiger charge is 2.18. The molecule has 112 valence electrons. The highest BCUT2D eigenvalue weighted by atomic mass is 16.5. The van der Waals surface area contributed by atoms with Crippen molar-refractivity contribution in [3.8, 4) is 11.5 Å². The Hall–Kier alpha value is -1.91. The van der Waals surface area contributed by atoms with Crippen molar-refractivity contribution in [1.29, 1.82) is 0 Å². The predicted molar refractivity (Wildman–Crippen MR) is 80.4 cm³/mol. The van der Waals surface area contributed by atoms with E-state index in [4.69, 9.17) is 15.2 Å². The minimum Gasteiger partial charge on any atom is -0.493 e. The summed E-state index contributed by atoms with van der Waals surface area (Å²) in [4.78, 5) is 14.1. The first kappa shape index (κ1) is 16.1. The van der Waals surface area contributed by atoms with Crippen molar-refractivity contribution in [3.63, 3.8) is 0 Å². The van der Waals surface area contributed by atoms with E-state index in [2.05, 4.69) is 13.8 Å². The van der Waals surface area contributed by atoms with Crippen LogP contribution < -0.4 is 15.2 Å². The lowest BCUT2D eigenvalue weighted by Crippen LogP contribution is -2.29. The smallest absolute Gasteiger partial charge is 0.255 e. The molecule has 1 amide bonds. The summed E-state index contributed by atoms with van der Waals surface area (Å²) in [6.45, 7) is 4.95. The number of rotatable bonds is 6. The van der Waals surface area contributed by atoms with E-state index < -0.39 is 0 Å². The first-order valence-electron chi connectivity index (χ1n) is 6.67. The Kier molecular flexibility index (Phi) is 5.67. The lowest BCUT2D eigenvalue weighted by atomic mass is 10.1. The molecule has 0 saturated carbocycles. The summed E-state index contributed by atoms with van der Waals surface area (Å²) in [5.41, 5.74) is 6.76. The highest BCUT2D eigenvalue weighted by molar-refractivity contribution is 5.99. The van der Waals surface area contributed by atoms with Gasteiger partial charge in [-0.15, -0.1) is 0 Å². The van der Waals surface area contributed by atoms with Crippen molar-refractivity contribution in [2.45, 2.75) is 20.3 Å². The summed E-state index contributed by atoms with van der Waals surface area (Å²) in [5.74, 6) is 1.46. The summed E-state index contributed by atoms with van der Waals surface area (Å²) in [7, 11) is 4.85. The molecule has 0 fully saturated rings. The average Bonchev–Trinajstić information content (AvgIpc) is 2.43. The van der Waals surface area contributed by atoms with Gasteiger partial charge in [0.15, 0.2) is 11.5 Å². The highest BCUT2D eigenvalue weighted by Crippen LogP contribution is 2.32. The zero-order chi connectivity index (χ0) is 15.3. The second kappa shape index (κ2) is 7.03. The van der Waals surface area contributed by atoms with E-state index in [1.165, 1.54) is 14.2 Å². The molecule has 1 aromatic rings. The summed E-state index contributed by atoms with van der Waals surface area (Å²) in [6, 6.07) is 3.24. The molecule has 0 spiro atoms. The lowest BCUT2D eigenvalue weighted by Gasteiger charge is -2.20. The number of hydrogen-bond acceptors (Lipinski definition) is 4. The maximum Gasteiger partial charge on any atom is 0.255 e. The van der Waals surface area contributed by atoms with Gasteiger partial charge in [0.05, 0.1) is 19.8 Å². The molecule has 0 radical (unpaired) electrons. The van der Waals surface area contributed by atoms with Crippen LogP contribution in [0.15, 0.2) is 12.1 Å². The van der Waals surface area contributed by atoms with E-state index in [-0.39, 0.29) is 5.91 Å². The van der Waals surface area contributed by atoms with Crippen molar-refractivity contribution in [3.05, 3.63) is 17.7 Å². The number of anilines is 1. The van der Waals surface area contributed by atoms with E-state index >= 15 is 0 Å². The molecule has 0 heterocycles. The molecule has 0 aliphatic carbocycles. The van der Waals surface area contributed by atoms with Crippen LogP contribution in [0, 0.1) is 5.92 Å². The molecule has 1 aromatic carbocycles. The van der Waals surface area contributed by atoms with Gasteiger partial charge in [-0.3, -0.25) is 4.79 Å². The van der Waals surface area contributed by atoms with Crippen LogP contribution in [0.3, 0.4) is 0 Å². The number of carbonyl (C=O) groups excluding carboxylic acids is 1. The fourth-order valence-electron chi connectivity index (χ4n) is 1.84. The van der Waals surface area contributed by atoms with Crippen LogP contribution in [-0.4, -0.2) is 38.6 Å². The van der Waals surface area contributed by atoms with Crippen LogP contribution >= 0.6 is 0 Å². The molecule has 5 heteroatoms. The summed E-state index contributed by atoms with van der Waals surface area (Å²) < 4.78 is 10.4. The molecule has 0 unspecified atom stereocenters. The van der Waals surface area contributed by atoms with Gasteiger partial charge >= 0.3 is 0 Å². The third kappa shape index (κ3) is 3.79. The first-order chi connectivity index (χ1) is 9.40. The van der Waals surface area contributed by atoms with Gasteiger partial charge in [0.25, 0.3) is 5.91 Å². The Morgan fingerprint density at radius 3 is 2.30 bits per heavy atom. The Balaban J connectivity index is 2.97. The van der Waals surface area contributed by atoms with Gasteiger partial charge in [-0.25, -0.2) is 0 Å². The number of carbonyl (C=O) groups is 1. The van der Waals surface area contributed by atoms with Gasteiger partial charge in [-0.1, -0.05) is 13.8 Å². The van der Waals surface area contributed by atoms with E-state index in [1.807, 2.05) is 0 Å². The molecule has 0 atom stereocenters. The molecule has 20 heavy (non-hydrogen) atoms. The SMILES string of the molecule is COc1cc(N)c(C(=O)N(C)CCC(C)C)cc1OC. The quantitative estimate of drug-likeness (QED) is 0.813. The van der Waals surface area contributed by atoms with Crippen LogP contribution in [0.5, 0.6) is 11.5 Å². The Morgan fingerprint density at radius 2 is 1.80 bits per heavy atom. The minimum atomic E-state index is -0.107. The summed E-state index contributed by atoms with van der Waals surface area (Å²) in [6.07, 6.45) is 0.954. The molecule has 0 aliphatic heterocycles. The third-order valence-electron chi connectivity index (χ3n) is 3.17. The lowest BCUT2D eigenvalue weighted by molar-refractivity contribution is 0.0790. The number of benzene rings is 1. The largest absolute Gasteiger partial charge is 0.493 e. The van der Waals surface area contributed by atoms with Crippen LogP contribution in [0.4, 0.5) is 5.69 Å². The number of nitrogen functional groups attached to an aromatic ring is 1. The number of methoxy groups -OCH3 is 2. The first-order valence-corrected chi connectivity index (χ1v) is 6.67. The molecule has 5 nitrogen and oxygen atoms in total. The fourth-order valence-corrected chi connectivity index (χ4v) is 1.84. The molecule has 0 aliphatic rings. The molecule has 1 rings (SSSR count).